The van der Waals surface area contributed by atoms with Gasteiger partial charge in [0.05, 0.1) is 11.1 Å². The van der Waals surface area contributed by atoms with Gasteiger partial charge in [0.25, 0.3) is 11.8 Å². The van der Waals surface area contributed by atoms with Crippen LogP contribution in [0, 0.1) is 0 Å². The molecule has 0 saturated carbocycles. The van der Waals surface area contributed by atoms with Gasteiger partial charge in [-0.3, -0.25) is 9.59 Å². The smallest absolute Gasteiger partial charge is 0.340 e. The Labute approximate surface area is 351 Å². The van der Waals surface area contributed by atoms with Gasteiger partial charge in [-0.05, 0) is 78.9 Å². The van der Waals surface area contributed by atoms with Crippen LogP contribution in [0.5, 0.6) is 46.0 Å². The van der Waals surface area contributed by atoms with Crippen molar-refractivity contribution >= 4 is 23.8 Å². The summed E-state index contributed by atoms with van der Waals surface area (Å²) in [6.07, 6.45) is 0. The van der Waals surface area contributed by atoms with Crippen molar-refractivity contribution in [3.05, 3.63) is 165 Å². The maximum absolute atomic E-state index is 13.0. The summed E-state index contributed by atoms with van der Waals surface area (Å²) in [5, 5.41) is 45.2. The number of esters is 2. The number of rotatable bonds is 6. The fourth-order valence-corrected chi connectivity index (χ4v) is 8.26. The van der Waals surface area contributed by atoms with Crippen LogP contribution < -0.4 is 31.6 Å². The van der Waals surface area contributed by atoms with Crippen LogP contribution in [0.25, 0.3) is 0 Å². The Balaban J connectivity index is 0.000000158. The standard InChI is InChI=1S/2C23H18N2O6/c24-7-8-25-21(28)12-1-4-16-15(9-12)22(29)31-23(16)17-5-2-13(26)10-19(17)30-20-11-14(27)3-6-18(20)23;24-7-8-25-21(28)12-1-4-15-18(9-12)23(31-22(15)29)16-5-2-13(26)10-19(16)30-20-11-14(27)3-6-17(20)23/h2*1-6,9-11,26-27H,7-8,24H2,(H,25,28). The number of hydrogen-bond acceptors (Lipinski definition) is 14. The van der Waals surface area contributed by atoms with Crippen molar-refractivity contribution in [3.63, 3.8) is 0 Å². The van der Waals surface area contributed by atoms with Crippen molar-refractivity contribution in [2.75, 3.05) is 26.2 Å². The van der Waals surface area contributed by atoms with Gasteiger partial charge in [0.15, 0.2) is 11.2 Å². The topological polar surface area (TPSA) is 262 Å². The number of hydrogen-bond donors (Lipinski definition) is 8. The predicted octanol–water partition coefficient (Wildman–Crippen LogP) is 4.71. The molecule has 0 aromatic heterocycles. The van der Waals surface area contributed by atoms with Crippen LogP contribution in [-0.4, -0.2) is 70.4 Å². The lowest BCUT2D eigenvalue weighted by atomic mass is 9.77. The van der Waals surface area contributed by atoms with Gasteiger partial charge in [-0.25, -0.2) is 9.59 Å². The number of carbonyl (C=O) groups is 4. The van der Waals surface area contributed by atoms with Crippen LogP contribution in [0.15, 0.2) is 109 Å². The van der Waals surface area contributed by atoms with E-state index in [4.69, 9.17) is 30.4 Å². The number of phenolic OH excluding ortho intramolecular Hbond substituents is 4. The molecule has 6 aromatic rings. The van der Waals surface area contributed by atoms with E-state index < -0.39 is 23.1 Å². The van der Waals surface area contributed by atoms with E-state index in [1.807, 2.05) is 0 Å². The molecule has 0 unspecified atom stereocenters. The molecular formula is C46H36N4O12. The highest BCUT2D eigenvalue weighted by Crippen LogP contribution is 2.58. The predicted molar refractivity (Wildman–Crippen MR) is 219 cm³/mol. The lowest BCUT2D eigenvalue weighted by molar-refractivity contribution is 0.0214. The maximum Gasteiger partial charge on any atom is 0.340 e. The summed E-state index contributed by atoms with van der Waals surface area (Å²) in [5.74, 6) is -0.777. The van der Waals surface area contributed by atoms with Crippen molar-refractivity contribution in [3.8, 4) is 46.0 Å². The van der Waals surface area contributed by atoms with Crippen molar-refractivity contribution in [1.29, 1.82) is 0 Å². The van der Waals surface area contributed by atoms with Crippen LogP contribution >= 0.6 is 0 Å². The summed E-state index contributed by atoms with van der Waals surface area (Å²) in [4.78, 5) is 50.7. The van der Waals surface area contributed by atoms with Crippen LogP contribution in [0.2, 0.25) is 0 Å². The molecule has 2 spiro atoms. The van der Waals surface area contributed by atoms with Gasteiger partial charge in [-0.15, -0.1) is 0 Å². The van der Waals surface area contributed by atoms with E-state index >= 15 is 0 Å². The van der Waals surface area contributed by atoms with Crippen molar-refractivity contribution in [2.45, 2.75) is 11.2 Å². The third-order valence-electron chi connectivity index (χ3n) is 10.9. The summed E-state index contributed by atoms with van der Waals surface area (Å²) in [5.41, 5.74) is 12.4. The molecular weight excluding hydrogens is 801 g/mol. The first-order valence-electron chi connectivity index (χ1n) is 19.3. The highest BCUT2D eigenvalue weighted by Gasteiger charge is 2.55. The van der Waals surface area contributed by atoms with Crippen molar-refractivity contribution in [1.82, 2.24) is 10.6 Å². The summed E-state index contributed by atoms with van der Waals surface area (Å²) in [6, 6.07) is 27.6. The Hall–Kier alpha value is -8.08. The third-order valence-corrected chi connectivity index (χ3v) is 10.9. The number of fused-ring (bicyclic) bond motifs is 12. The molecule has 4 aliphatic rings. The highest BCUT2D eigenvalue weighted by atomic mass is 16.6. The number of carbonyl (C=O) groups excluding carboxylic acids is 4. The number of ether oxygens (including phenoxy) is 4. The number of phenols is 4. The zero-order valence-corrected chi connectivity index (χ0v) is 32.4. The number of nitrogens with one attached hydrogen (secondary N) is 2. The summed E-state index contributed by atoms with van der Waals surface area (Å²) < 4.78 is 23.7. The molecule has 62 heavy (non-hydrogen) atoms. The Morgan fingerprint density at radius 1 is 0.468 bits per heavy atom. The van der Waals surface area contributed by atoms with E-state index in [-0.39, 0.29) is 51.9 Å². The SMILES string of the molecule is NCCNC(=O)c1ccc2c(c1)C(=O)OC21c2ccc(O)cc2Oc2cc(O)ccc21.NCCNC(=O)c1ccc2c(c1)C1(OC2=O)c2ccc(O)cc2Oc2cc(O)ccc21. The second kappa shape index (κ2) is 14.9. The van der Waals surface area contributed by atoms with Crippen molar-refractivity contribution < 1.29 is 58.6 Å². The van der Waals surface area contributed by atoms with Crippen LogP contribution in [0.4, 0.5) is 0 Å². The molecule has 16 heteroatoms. The van der Waals surface area contributed by atoms with E-state index in [1.165, 1.54) is 54.6 Å². The van der Waals surface area contributed by atoms with E-state index in [2.05, 4.69) is 10.6 Å². The fraction of sp³-hybridized carbons (Fsp3) is 0.130. The van der Waals surface area contributed by atoms with Gasteiger partial charge in [0, 0.05) is 95.0 Å². The molecule has 0 atom stereocenters. The second-order valence-electron chi connectivity index (χ2n) is 14.7. The molecule has 10 N–H and O–H groups in total. The molecule has 0 bridgehead atoms. The van der Waals surface area contributed by atoms with Gasteiger partial charge in [-0.2, -0.15) is 0 Å². The van der Waals surface area contributed by atoms with Crippen LogP contribution in [-0.2, 0) is 20.7 Å². The van der Waals surface area contributed by atoms with E-state index in [0.29, 0.717) is 87.7 Å². The maximum atomic E-state index is 13.0. The Morgan fingerprint density at radius 2 is 0.839 bits per heavy atom. The molecule has 10 rings (SSSR count). The molecule has 4 aliphatic heterocycles. The van der Waals surface area contributed by atoms with E-state index in [1.54, 1.807) is 54.6 Å². The first-order valence-corrected chi connectivity index (χ1v) is 19.3. The number of aromatic hydroxyl groups is 4. The first-order chi connectivity index (χ1) is 29.9. The second-order valence-corrected chi connectivity index (χ2v) is 14.7. The van der Waals surface area contributed by atoms with Gasteiger partial charge < -0.3 is 61.5 Å². The van der Waals surface area contributed by atoms with E-state index in [0.717, 1.165) is 0 Å². The lowest BCUT2D eigenvalue weighted by Gasteiger charge is -2.36. The zero-order chi connectivity index (χ0) is 43.5. The van der Waals surface area contributed by atoms with Crippen LogP contribution in [0.3, 0.4) is 0 Å². The molecule has 0 fully saturated rings. The third kappa shape index (κ3) is 6.15. The average molecular weight is 837 g/mol. The summed E-state index contributed by atoms with van der Waals surface area (Å²) in [6.45, 7) is 1.23. The number of benzene rings is 6. The van der Waals surface area contributed by atoms with Crippen molar-refractivity contribution in [2.24, 2.45) is 11.5 Å². The average Bonchev–Trinajstić information content (AvgIpc) is 3.71. The summed E-state index contributed by atoms with van der Waals surface area (Å²) in [7, 11) is 0. The number of amides is 2. The van der Waals surface area contributed by atoms with Gasteiger partial charge in [-0.1, -0.05) is 6.07 Å². The minimum absolute atomic E-state index is 0.0195. The normalized spacial score (nSPS) is 14.8. The molecule has 6 aromatic carbocycles. The molecule has 2 amide bonds. The Bertz CT molecular complexity index is 2790. The van der Waals surface area contributed by atoms with E-state index in [9.17, 15) is 39.6 Å². The Kier molecular flexibility index (Phi) is 9.45. The van der Waals surface area contributed by atoms with Crippen LogP contribution in [0.1, 0.15) is 74.8 Å². The monoisotopic (exact) mass is 836 g/mol. The minimum Gasteiger partial charge on any atom is -0.508 e. The van der Waals surface area contributed by atoms with Gasteiger partial charge >= 0.3 is 11.9 Å². The lowest BCUT2D eigenvalue weighted by Crippen LogP contribution is -2.33. The molecule has 0 radical (unpaired) electrons. The summed E-state index contributed by atoms with van der Waals surface area (Å²) >= 11 is 0. The largest absolute Gasteiger partial charge is 0.508 e. The number of nitrogens with two attached hydrogens (primary N) is 2. The molecule has 16 nitrogen and oxygen atoms in total. The zero-order valence-electron chi connectivity index (χ0n) is 32.4. The highest BCUT2D eigenvalue weighted by molar-refractivity contribution is 6.02. The molecule has 0 saturated heterocycles. The Morgan fingerprint density at radius 3 is 1.27 bits per heavy atom. The quantitative estimate of drug-likeness (QED) is 0.106. The fourth-order valence-electron chi connectivity index (χ4n) is 8.26. The minimum atomic E-state index is -1.40. The molecule has 0 aliphatic carbocycles. The molecule has 312 valence electrons. The van der Waals surface area contributed by atoms with Gasteiger partial charge in [0.2, 0.25) is 0 Å². The first kappa shape index (κ1) is 39.4. The molecule has 4 heterocycles. The van der Waals surface area contributed by atoms with Gasteiger partial charge in [0.1, 0.15) is 46.0 Å².